The van der Waals surface area contributed by atoms with E-state index >= 15 is 0 Å². The van der Waals surface area contributed by atoms with Crippen molar-refractivity contribution in [1.29, 1.82) is 5.41 Å². The SMILES string of the molecule is CNC(=O)c1cc(S(=O)C2C=CC(N)C(C=N)C2)c(C)n1C. The van der Waals surface area contributed by atoms with Gasteiger partial charge in [0, 0.05) is 38.0 Å². The predicted molar refractivity (Wildman–Crippen MR) is 87.7 cm³/mol. The van der Waals surface area contributed by atoms with Crippen LogP contribution in [0.15, 0.2) is 23.1 Å². The Bertz CT molecular complexity index is 650. The molecule has 2 rings (SSSR count). The Morgan fingerprint density at radius 3 is 2.82 bits per heavy atom. The molecule has 1 aliphatic rings. The van der Waals surface area contributed by atoms with Crippen molar-refractivity contribution in [3.8, 4) is 0 Å². The summed E-state index contributed by atoms with van der Waals surface area (Å²) in [6, 6.07) is 1.50. The topological polar surface area (TPSA) is 101 Å². The Labute approximate surface area is 132 Å². The van der Waals surface area contributed by atoms with E-state index in [2.05, 4.69) is 5.32 Å². The van der Waals surface area contributed by atoms with E-state index in [1.165, 1.54) is 6.21 Å². The Balaban J connectivity index is 2.33. The largest absolute Gasteiger partial charge is 0.354 e. The second-order valence-electron chi connectivity index (χ2n) is 5.48. The van der Waals surface area contributed by atoms with Gasteiger partial charge in [-0.1, -0.05) is 12.2 Å². The highest BCUT2D eigenvalue weighted by atomic mass is 32.2. The molecule has 0 bridgehead atoms. The van der Waals surface area contributed by atoms with Crippen LogP contribution < -0.4 is 11.1 Å². The van der Waals surface area contributed by atoms with Crippen molar-refractivity contribution in [2.24, 2.45) is 18.7 Å². The lowest BCUT2D eigenvalue weighted by molar-refractivity contribution is 0.0955. The van der Waals surface area contributed by atoms with Gasteiger partial charge in [0.15, 0.2) is 0 Å². The quantitative estimate of drug-likeness (QED) is 0.562. The molecule has 1 amide bonds. The number of hydrogen-bond acceptors (Lipinski definition) is 4. The van der Waals surface area contributed by atoms with Gasteiger partial charge in [-0.25, -0.2) is 0 Å². The summed E-state index contributed by atoms with van der Waals surface area (Å²) in [5, 5.41) is 9.82. The molecule has 0 aromatic carbocycles. The summed E-state index contributed by atoms with van der Waals surface area (Å²) >= 11 is 0. The van der Waals surface area contributed by atoms with E-state index in [4.69, 9.17) is 11.1 Å². The van der Waals surface area contributed by atoms with Crippen LogP contribution in [0.4, 0.5) is 0 Å². The fourth-order valence-corrected chi connectivity index (χ4v) is 4.23. The number of nitrogens with one attached hydrogen (secondary N) is 2. The lowest BCUT2D eigenvalue weighted by Gasteiger charge is -2.26. The number of carbonyl (C=O) groups is 1. The van der Waals surface area contributed by atoms with Gasteiger partial charge in [-0.15, -0.1) is 0 Å². The van der Waals surface area contributed by atoms with Gasteiger partial charge in [0.2, 0.25) is 0 Å². The average molecular weight is 322 g/mol. The van der Waals surface area contributed by atoms with Gasteiger partial charge in [0.1, 0.15) is 5.69 Å². The maximum Gasteiger partial charge on any atom is 0.267 e. The van der Waals surface area contributed by atoms with E-state index < -0.39 is 10.8 Å². The summed E-state index contributed by atoms with van der Waals surface area (Å²) in [5.41, 5.74) is 7.21. The number of carbonyl (C=O) groups excluding carboxylic acids is 1. The fraction of sp³-hybridized carbons (Fsp3) is 0.467. The van der Waals surface area contributed by atoms with Crippen LogP contribution in [-0.4, -0.2) is 39.2 Å². The molecule has 7 heteroatoms. The minimum Gasteiger partial charge on any atom is -0.354 e. The van der Waals surface area contributed by atoms with Crippen LogP contribution in [0, 0.1) is 18.3 Å². The van der Waals surface area contributed by atoms with Crippen LogP contribution in [0.3, 0.4) is 0 Å². The molecular weight excluding hydrogens is 300 g/mol. The third kappa shape index (κ3) is 2.91. The molecule has 0 saturated carbocycles. The fourth-order valence-electron chi connectivity index (χ4n) is 2.62. The highest BCUT2D eigenvalue weighted by Gasteiger charge is 2.29. The van der Waals surface area contributed by atoms with Crippen molar-refractivity contribution < 1.29 is 9.00 Å². The number of amides is 1. The van der Waals surface area contributed by atoms with Crippen LogP contribution in [0.25, 0.3) is 0 Å². The van der Waals surface area contributed by atoms with E-state index in [1.807, 2.05) is 19.1 Å². The highest BCUT2D eigenvalue weighted by Crippen LogP contribution is 2.27. The van der Waals surface area contributed by atoms with Gasteiger partial charge >= 0.3 is 0 Å². The summed E-state index contributed by atoms with van der Waals surface area (Å²) in [4.78, 5) is 12.5. The van der Waals surface area contributed by atoms with Crippen molar-refractivity contribution in [2.45, 2.75) is 29.5 Å². The first-order valence-electron chi connectivity index (χ1n) is 7.14. The van der Waals surface area contributed by atoms with Gasteiger partial charge in [0.25, 0.3) is 5.91 Å². The first-order valence-corrected chi connectivity index (χ1v) is 8.35. The van der Waals surface area contributed by atoms with Gasteiger partial charge < -0.3 is 21.0 Å². The molecule has 0 aliphatic heterocycles. The third-order valence-electron chi connectivity index (χ3n) is 4.20. The zero-order valence-electron chi connectivity index (χ0n) is 13.0. The van der Waals surface area contributed by atoms with Crippen molar-refractivity contribution in [3.05, 3.63) is 29.6 Å². The minimum atomic E-state index is -1.27. The molecule has 1 heterocycles. The lowest BCUT2D eigenvalue weighted by Crippen LogP contribution is -2.36. The van der Waals surface area contributed by atoms with Crippen molar-refractivity contribution in [1.82, 2.24) is 9.88 Å². The smallest absolute Gasteiger partial charge is 0.267 e. The molecule has 0 spiro atoms. The maximum absolute atomic E-state index is 12.9. The van der Waals surface area contributed by atoms with E-state index in [-0.39, 0.29) is 23.1 Å². The molecule has 0 fully saturated rings. The normalized spacial score (nSPS) is 25.7. The first kappa shape index (κ1) is 16.6. The van der Waals surface area contributed by atoms with Crippen molar-refractivity contribution in [3.63, 3.8) is 0 Å². The monoisotopic (exact) mass is 322 g/mol. The molecule has 6 nitrogen and oxygen atoms in total. The van der Waals surface area contributed by atoms with E-state index in [9.17, 15) is 9.00 Å². The van der Waals surface area contributed by atoms with Gasteiger partial charge in [0.05, 0.1) is 20.9 Å². The van der Waals surface area contributed by atoms with Crippen LogP contribution >= 0.6 is 0 Å². The zero-order valence-corrected chi connectivity index (χ0v) is 13.8. The summed E-state index contributed by atoms with van der Waals surface area (Å²) in [6.07, 6.45) is 5.59. The second-order valence-corrected chi connectivity index (χ2v) is 7.12. The minimum absolute atomic E-state index is 0.0959. The number of hydrogen-bond donors (Lipinski definition) is 3. The molecular formula is C15H22N4O2S. The molecule has 4 unspecified atom stereocenters. The predicted octanol–water partition coefficient (Wildman–Crippen LogP) is 0.722. The molecule has 0 radical (unpaired) electrons. The number of rotatable bonds is 4. The molecule has 1 aromatic rings. The number of aromatic nitrogens is 1. The van der Waals surface area contributed by atoms with Crippen LogP contribution in [0.1, 0.15) is 22.6 Å². The first-order chi connectivity index (χ1) is 10.4. The van der Waals surface area contributed by atoms with Crippen LogP contribution in [-0.2, 0) is 17.8 Å². The Morgan fingerprint density at radius 1 is 1.55 bits per heavy atom. The summed E-state index contributed by atoms with van der Waals surface area (Å²) in [7, 11) is 2.08. The molecule has 4 N–H and O–H groups in total. The molecule has 120 valence electrons. The standard InChI is InChI=1S/C15H22N4O2S/c1-9-14(7-13(19(9)3)15(20)18-2)22(21)11-4-5-12(17)10(6-11)8-16/h4-5,7-8,10-12,16H,6,17H2,1-3H3,(H,18,20). The summed E-state index contributed by atoms with van der Waals surface area (Å²) in [6.45, 7) is 1.85. The Hall–Kier alpha value is -1.73. The molecule has 0 saturated heterocycles. The maximum atomic E-state index is 12.9. The van der Waals surface area contributed by atoms with Gasteiger partial charge in [-0.05, 0) is 19.4 Å². The third-order valence-corrected chi connectivity index (χ3v) is 5.95. The summed E-state index contributed by atoms with van der Waals surface area (Å²) < 4.78 is 14.6. The molecule has 4 atom stereocenters. The molecule has 1 aliphatic carbocycles. The van der Waals surface area contributed by atoms with Crippen LogP contribution in [0.2, 0.25) is 0 Å². The Kier molecular flexibility index (Phi) is 4.97. The van der Waals surface area contributed by atoms with Crippen molar-refractivity contribution >= 4 is 22.9 Å². The van der Waals surface area contributed by atoms with Gasteiger partial charge in [-0.2, -0.15) is 0 Å². The zero-order chi connectivity index (χ0) is 16.4. The molecule has 22 heavy (non-hydrogen) atoms. The second kappa shape index (κ2) is 6.58. The highest BCUT2D eigenvalue weighted by molar-refractivity contribution is 7.86. The van der Waals surface area contributed by atoms with Crippen LogP contribution in [0.5, 0.6) is 0 Å². The lowest BCUT2D eigenvalue weighted by atomic mass is 9.91. The van der Waals surface area contributed by atoms with Gasteiger partial charge in [-0.3, -0.25) is 9.00 Å². The molecule has 1 aromatic heterocycles. The van der Waals surface area contributed by atoms with E-state index in [1.54, 1.807) is 24.7 Å². The number of nitrogens with zero attached hydrogens (tertiary/aromatic N) is 1. The van der Waals surface area contributed by atoms with E-state index in [0.717, 1.165) is 5.69 Å². The van der Waals surface area contributed by atoms with Crippen molar-refractivity contribution in [2.75, 3.05) is 7.05 Å². The van der Waals surface area contributed by atoms with E-state index in [0.29, 0.717) is 17.0 Å². The average Bonchev–Trinajstić information content (AvgIpc) is 2.82. The Morgan fingerprint density at radius 2 is 2.23 bits per heavy atom. The summed E-state index contributed by atoms with van der Waals surface area (Å²) in [5.74, 6) is -0.297. The number of nitrogens with two attached hydrogens (primary N) is 1.